The van der Waals surface area contributed by atoms with Crippen LogP contribution in [0.1, 0.15) is 18.4 Å². The van der Waals surface area contributed by atoms with Crippen LogP contribution in [0.2, 0.25) is 0 Å². The molecule has 1 aliphatic rings. The number of urea groups is 1. The van der Waals surface area contributed by atoms with Crippen molar-refractivity contribution in [2.24, 2.45) is 0 Å². The van der Waals surface area contributed by atoms with E-state index in [0.717, 1.165) is 46.6 Å². The van der Waals surface area contributed by atoms with Crippen molar-refractivity contribution in [1.82, 2.24) is 4.90 Å². The molecule has 0 atom stereocenters. The van der Waals surface area contributed by atoms with Crippen LogP contribution >= 0.6 is 22.6 Å². The second kappa shape index (κ2) is 11.9. The van der Waals surface area contributed by atoms with Crippen molar-refractivity contribution < 1.29 is 9.59 Å². The maximum Gasteiger partial charge on any atom is 0.321 e. The molecule has 0 radical (unpaired) electrons. The highest BCUT2D eigenvalue weighted by atomic mass is 127. The van der Waals surface area contributed by atoms with Gasteiger partial charge < -0.3 is 20.4 Å². The number of benzene rings is 3. The van der Waals surface area contributed by atoms with E-state index < -0.39 is 0 Å². The molecule has 34 heavy (non-hydrogen) atoms. The topological polar surface area (TPSA) is 64.7 Å². The quantitative estimate of drug-likeness (QED) is 0.365. The first kappa shape index (κ1) is 24.1. The minimum absolute atomic E-state index is 0.0383. The van der Waals surface area contributed by atoms with Crippen LogP contribution in [0.3, 0.4) is 0 Å². The first-order valence-electron chi connectivity index (χ1n) is 11.6. The number of nitrogens with zero attached hydrogens (tertiary/aromatic N) is 2. The van der Waals surface area contributed by atoms with Crippen LogP contribution in [-0.2, 0) is 11.2 Å². The molecule has 7 heteroatoms. The minimum atomic E-state index is -0.0610. The molecule has 6 nitrogen and oxygen atoms in total. The highest BCUT2D eigenvalue weighted by Crippen LogP contribution is 2.21. The van der Waals surface area contributed by atoms with E-state index in [1.165, 1.54) is 5.56 Å². The predicted octanol–water partition coefficient (Wildman–Crippen LogP) is 5.61. The first-order valence-corrected chi connectivity index (χ1v) is 12.7. The molecule has 0 bridgehead atoms. The van der Waals surface area contributed by atoms with Crippen molar-refractivity contribution in [3.63, 3.8) is 0 Å². The zero-order valence-corrected chi connectivity index (χ0v) is 21.2. The molecule has 3 aromatic carbocycles. The van der Waals surface area contributed by atoms with Gasteiger partial charge in [0, 0.05) is 47.5 Å². The van der Waals surface area contributed by atoms with Crippen LogP contribution < -0.4 is 15.5 Å². The third-order valence-corrected chi connectivity index (χ3v) is 6.85. The molecule has 0 spiro atoms. The number of nitrogens with one attached hydrogen (secondary N) is 2. The van der Waals surface area contributed by atoms with Gasteiger partial charge in [0.25, 0.3) is 0 Å². The van der Waals surface area contributed by atoms with E-state index in [9.17, 15) is 9.59 Å². The fourth-order valence-corrected chi connectivity index (χ4v) is 4.52. The summed E-state index contributed by atoms with van der Waals surface area (Å²) >= 11 is 2.23. The molecule has 1 saturated heterocycles. The van der Waals surface area contributed by atoms with Crippen LogP contribution in [0.5, 0.6) is 0 Å². The normalized spacial score (nSPS) is 13.4. The van der Waals surface area contributed by atoms with Crippen LogP contribution in [-0.4, -0.2) is 43.0 Å². The molecule has 0 unspecified atom stereocenters. The Morgan fingerprint density at radius 3 is 2.18 bits per heavy atom. The highest BCUT2D eigenvalue weighted by molar-refractivity contribution is 14.1. The van der Waals surface area contributed by atoms with Crippen molar-refractivity contribution >= 4 is 51.6 Å². The number of rotatable bonds is 7. The summed E-state index contributed by atoms with van der Waals surface area (Å²) in [4.78, 5) is 29.0. The number of hydrogen-bond donors (Lipinski definition) is 2. The van der Waals surface area contributed by atoms with Gasteiger partial charge in [-0.2, -0.15) is 0 Å². The second-order valence-electron chi connectivity index (χ2n) is 8.32. The Morgan fingerprint density at radius 2 is 1.47 bits per heavy atom. The highest BCUT2D eigenvalue weighted by Gasteiger charge is 2.21. The molecule has 176 valence electrons. The van der Waals surface area contributed by atoms with Crippen molar-refractivity contribution in [2.45, 2.75) is 19.3 Å². The van der Waals surface area contributed by atoms with Gasteiger partial charge in [-0.1, -0.05) is 42.5 Å². The van der Waals surface area contributed by atoms with Crippen LogP contribution in [0.4, 0.5) is 21.9 Å². The molecule has 3 amide bonds. The van der Waals surface area contributed by atoms with Gasteiger partial charge in [-0.05, 0) is 77.4 Å². The Kier molecular flexibility index (Phi) is 8.41. The lowest BCUT2D eigenvalue weighted by atomic mass is 10.1. The summed E-state index contributed by atoms with van der Waals surface area (Å²) in [6.07, 6.45) is 2.24. The molecular formula is C27H29IN4O2. The standard InChI is InChI=1S/C27H29IN4O2/c28-24-10-4-5-11-25(24)30-27(34)32-19-17-31(18-20-32)23-15-13-22(14-16-23)29-26(33)12-6-9-21-7-2-1-3-8-21/h1-5,7-8,10-11,13-16H,6,9,12,17-20H2,(H,29,33)(H,30,34). The molecule has 1 heterocycles. The second-order valence-corrected chi connectivity index (χ2v) is 9.48. The van der Waals surface area contributed by atoms with E-state index in [1.54, 1.807) is 0 Å². The van der Waals surface area contributed by atoms with Gasteiger partial charge in [0.1, 0.15) is 0 Å². The SMILES string of the molecule is O=C(CCCc1ccccc1)Nc1ccc(N2CCN(C(=O)Nc3ccccc3I)CC2)cc1. The molecule has 0 aromatic heterocycles. The number of para-hydroxylation sites is 1. The van der Waals surface area contributed by atoms with E-state index >= 15 is 0 Å². The van der Waals surface area contributed by atoms with Crippen molar-refractivity contribution in [2.75, 3.05) is 41.7 Å². The summed E-state index contributed by atoms with van der Waals surface area (Å²) in [6, 6.07) is 25.9. The summed E-state index contributed by atoms with van der Waals surface area (Å²) in [5, 5.41) is 5.99. The minimum Gasteiger partial charge on any atom is -0.368 e. The van der Waals surface area contributed by atoms with Crippen LogP contribution in [0.15, 0.2) is 78.9 Å². The molecule has 0 saturated carbocycles. The molecule has 2 N–H and O–H groups in total. The predicted molar refractivity (Wildman–Crippen MR) is 146 cm³/mol. The molecule has 1 fully saturated rings. The fourth-order valence-electron chi connectivity index (χ4n) is 4.00. The van der Waals surface area contributed by atoms with Gasteiger partial charge in [-0.25, -0.2) is 4.79 Å². The zero-order valence-electron chi connectivity index (χ0n) is 19.0. The number of aryl methyl sites for hydroxylation is 1. The lowest BCUT2D eigenvalue weighted by molar-refractivity contribution is -0.116. The van der Waals surface area contributed by atoms with E-state index in [1.807, 2.05) is 71.6 Å². The van der Waals surface area contributed by atoms with Crippen molar-refractivity contribution in [3.05, 3.63) is 88.0 Å². The van der Waals surface area contributed by atoms with Gasteiger partial charge in [-0.15, -0.1) is 0 Å². The molecule has 1 aliphatic heterocycles. The van der Waals surface area contributed by atoms with Gasteiger partial charge in [0.2, 0.25) is 5.91 Å². The number of anilines is 3. The van der Waals surface area contributed by atoms with Crippen LogP contribution in [0, 0.1) is 3.57 Å². The smallest absolute Gasteiger partial charge is 0.321 e. The summed E-state index contributed by atoms with van der Waals surface area (Å²) < 4.78 is 1.02. The summed E-state index contributed by atoms with van der Waals surface area (Å²) in [5.41, 5.74) is 4.00. The van der Waals surface area contributed by atoms with Crippen molar-refractivity contribution in [3.8, 4) is 0 Å². The maximum atomic E-state index is 12.6. The fraction of sp³-hybridized carbons (Fsp3) is 0.259. The molecular weight excluding hydrogens is 539 g/mol. The Bertz CT molecular complexity index is 1100. The Balaban J connectivity index is 1.21. The summed E-state index contributed by atoms with van der Waals surface area (Å²) in [6.45, 7) is 2.86. The average Bonchev–Trinajstić information content (AvgIpc) is 2.87. The first-order chi connectivity index (χ1) is 16.6. The van der Waals surface area contributed by atoms with Gasteiger partial charge in [0.15, 0.2) is 0 Å². The Labute approximate surface area is 214 Å². The number of hydrogen-bond acceptors (Lipinski definition) is 3. The Morgan fingerprint density at radius 1 is 0.794 bits per heavy atom. The molecule has 4 rings (SSSR count). The maximum absolute atomic E-state index is 12.6. The number of amides is 3. The van der Waals surface area contributed by atoms with Crippen LogP contribution in [0.25, 0.3) is 0 Å². The van der Waals surface area contributed by atoms with E-state index in [2.05, 4.69) is 50.3 Å². The van der Waals surface area contributed by atoms with Crippen molar-refractivity contribution in [1.29, 1.82) is 0 Å². The largest absolute Gasteiger partial charge is 0.368 e. The lowest BCUT2D eigenvalue weighted by Gasteiger charge is -2.36. The zero-order chi connectivity index (χ0) is 23.8. The van der Waals surface area contributed by atoms with Gasteiger partial charge in [-0.3, -0.25) is 4.79 Å². The van der Waals surface area contributed by atoms with E-state index in [4.69, 9.17) is 0 Å². The van der Waals surface area contributed by atoms with Gasteiger partial charge in [0.05, 0.1) is 5.69 Å². The average molecular weight is 568 g/mol. The summed E-state index contributed by atoms with van der Waals surface area (Å²) in [7, 11) is 0. The summed E-state index contributed by atoms with van der Waals surface area (Å²) in [5.74, 6) is 0.0383. The van der Waals surface area contributed by atoms with E-state index in [-0.39, 0.29) is 11.9 Å². The van der Waals surface area contributed by atoms with E-state index in [0.29, 0.717) is 19.5 Å². The number of halogens is 1. The third-order valence-electron chi connectivity index (χ3n) is 5.91. The lowest BCUT2D eigenvalue weighted by Crippen LogP contribution is -2.50. The van der Waals surface area contributed by atoms with Gasteiger partial charge >= 0.3 is 6.03 Å². The molecule has 3 aromatic rings. The number of carbonyl (C=O) groups excluding carboxylic acids is 2. The third kappa shape index (κ3) is 6.72. The number of piperazine rings is 1. The molecule has 0 aliphatic carbocycles. The Hall–Kier alpha value is -3.07. The number of carbonyl (C=O) groups is 2. The monoisotopic (exact) mass is 568 g/mol.